The Morgan fingerprint density at radius 3 is 2.50 bits per heavy atom. The van der Waals surface area contributed by atoms with Crippen molar-refractivity contribution < 1.29 is 0 Å². The Kier molecular flexibility index (Phi) is 5.32. The van der Waals surface area contributed by atoms with Gasteiger partial charge < -0.3 is 4.57 Å². The molecule has 1 heterocycles. The third-order valence-electron chi connectivity index (χ3n) is 4.25. The summed E-state index contributed by atoms with van der Waals surface area (Å²) in [5, 5.41) is 11.1. The Bertz CT molecular complexity index is 631. The number of hydrogen-bond acceptors (Lipinski definition) is 3. The van der Waals surface area contributed by atoms with Gasteiger partial charge in [0.25, 0.3) is 0 Å². The fourth-order valence-corrected chi connectivity index (χ4v) is 4.63. The lowest BCUT2D eigenvalue weighted by molar-refractivity contribution is 0.418. The highest BCUT2D eigenvalue weighted by molar-refractivity contribution is 7.98. The zero-order valence-electron chi connectivity index (χ0n) is 12.6. The average Bonchev–Trinajstić information content (AvgIpc) is 2.89. The van der Waals surface area contributed by atoms with Gasteiger partial charge in [0.2, 0.25) is 0 Å². The van der Waals surface area contributed by atoms with Crippen LogP contribution in [0.3, 0.4) is 0 Å². The molecule has 2 aromatic rings. The Morgan fingerprint density at radius 2 is 1.82 bits per heavy atom. The Morgan fingerprint density at radius 1 is 1.14 bits per heavy atom. The third kappa shape index (κ3) is 3.44. The smallest absolute Gasteiger partial charge is 0.191 e. The summed E-state index contributed by atoms with van der Waals surface area (Å²) in [6.45, 7) is 0. The first-order valence-corrected chi connectivity index (χ1v) is 9.36. The Hall–Kier alpha value is -0.710. The van der Waals surface area contributed by atoms with Crippen molar-refractivity contribution in [2.45, 2.75) is 48.9 Å². The quantitative estimate of drug-likeness (QED) is 0.682. The van der Waals surface area contributed by atoms with Crippen LogP contribution in [0.5, 0.6) is 0 Å². The van der Waals surface area contributed by atoms with Gasteiger partial charge in [-0.25, -0.2) is 0 Å². The third-order valence-corrected chi connectivity index (χ3v) is 6.00. The van der Waals surface area contributed by atoms with Gasteiger partial charge in [0.1, 0.15) is 5.82 Å². The minimum Gasteiger partial charge on any atom is -0.309 e. The van der Waals surface area contributed by atoms with Crippen LogP contribution >= 0.6 is 35.0 Å². The van der Waals surface area contributed by atoms with Crippen LogP contribution in [0.4, 0.5) is 0 Å². The van der Waals surface area contributed by atoms with Gasteiger partial charge in [0.15, 0.2) is 5.16 Å². The number of hydrogen-bond donors (Lipinski definition) is 0. The van der Waals surface area contributed by atoms with Crippen molar-refractivity contribution in [3.63, 3.8) is 0 Å². The maximum Gasteiger partial charge on any atom is 0.191 e. The molecule has 3 nitrogen and oxygen atoms in total. The highest BCUT2D eigenvalue weighted by Crippen LogP contribution is 2.34. The van der Waals surface area contributed by atoms with Crippen molar-refractivity contribution in [2.75, 3.05) is 0 Å². The molecular formula is C16H19Cl2N3S. The summed E-state index contributed by atoms with van der Waals surface area (Å²) in [6.07, 6.45) is 6.41. The van der Waals surface area contributed by atoms with Crippen molar-refractivity contribution in [3.05, 3.63) is 39.6 Å². The number of nitrogens with zero attached hydrogens (tertiary/aromatic N) is 3. The molecule has 0 amide bonds. The fourth-order valence-electron chi connectivity index (χ4n) is 2.98. The molecule has 0 atom stereocenters. The van der Waals surface area contributed by atoms with Crippen LogP contribution in [0, 0.1) is 0 Å². The average molecular weight is 356 g/mol. The largest absolute Gasteiger partial charge is 0.309 e. The minimum absolute atomic E-state index is 0.560. The summed E-state index contributed by atoms with van der Waals surface area (Å²) in [6, 6.07) is 5.60. The summed E-state index contributed by atoms with van der Waals surface area (Å²) in [5.41, 5.74) is 0.957. The monoisotopic (exact) mass is 355 g/mol. The van der Waals surface area contributed by atoms with Crippen LogP contribution in [0.15, 0.2) is 23.4 Å². The van der Waals surface area contributed by atoms with E-state index < -0.39 is 0 Å². The lowest BCUT2D eigenvalue weighted by Crippen LogP contribution is -2.10. The van der Waals surface area contributed by atoms with Gasteiger partial charge in [-0.15, -0.1) is 10.2 Å². The first kappa shape index (κ1) is 16.2. The lowest BCUT2D eigenvalue weighted by atomic mass is 9.89. The molecule has 0 aliphatic heterocycles. The molecule has 0 saturated heterocycles. The van der Waals surface area contributed by atoms with Crippen LogP contribution in [0.25, 0.3) is 0 Å². The molecule has 0 bridgehead atoms. The van der Waals surface area contributed by atoms with E-state index in [2.05, 4.69) is 21.8 Å². The predicted octanol–water partition coefficient (Wildman–Crippen LogP) is 5.46. The zero-order chi connectivity index (χ0) is 15.5. The van der Waals surface area contributed by atoms with Gasteiger partial charge in [0, 0.05) is 28.8 Å². The number of benzene rings is 1. The van der Waals surface area contributed by atoms with E-state index in [1.165, 1.54) is 32.1 Å². The lowest BCUT2D eigenvalue weighted by Gasteiger charge is -2.20. The molecule has 1 aromatic heterocycles. The van der Waals surface area contributed by atoms with Crippen LogP contribution in [-0.4, -0.2) is 14.8 Å². The van der Waals surface area contributed by atoms with E-state index in [4.69, 9.17) is 23.2 Å². The van der Waals surface area contributed by atoms with Crippen molar-refractivity contribution in [3.8, 4) is 0 Å². The predicted molar refractivity (Wildman–Crippen MR) is 92.9 cm³/mol. The van der Waals surface area contributed by atoms with E-state index in [0.717, 1.165) is 16.5 Å². The number of aromatic nitrogens is 3. The Balaban J connectivity index is 1.72. The van der Waals surface area contributed by atoms with E-state index >= 15 is 0 Å². The molecule has 3 rings (SSSR count). The summed E-state index contributed by atoms with van der Waals surface area (Å²) in [7, 11) is 2.06. The van der Waals surface area contributed by atoms with Gasteiger partial charge in [-0.05, 0) is 30.5 Å². The van der Waals surface area contributed by atoms with Crippen molar-refractivity contribution in [1.29, 1.82) is 0 Å². The molecule has 1 aliphatic rings. The van der Waals surface area contributed by atoms with Crippen molar-refractivity contribution >= 4 is 35.0 Å². The van der Waals surface area contributed by atoms with Crippen LogP contribution in [0.2, 0.25) is 10.0 Å². The van der Waals surface area contributed by atoms with Crippen LogP contribution in [0.1, 0.15) is 49.4 Å². The SMILES string of the molecule is Cn1c(SCc2c(Cl)cccc2Cl)nnc1C1CCCCC1. The summed E-state index contributed by atoms with van der Waals surface area (Å²) in [4.78, 5) is 0. The summed E-state index contributed by atoms with van der Waals surface area (Å²) >= 11 is 14.1. The van der Waals surface area contributed by atoms with E-state index in [1.54, 1.807) is 11.8 Å². The van der Waals surface area contributed by atoms with Crippen LogP contribution in [-0.2, 0) is 12.8 Å². The second-order valence-corrected chi connectivity index (χ2v) is 7.48. The topological polar surface area (TPSA) is 30.7 Å². The maximum absolute atomic E-state index is 6.22. The van der Waals surface area contributed by atoms with Gasteiger partial charge in [0.05, 0.1) is 0 Å². The molecule has 0 N–H and O–H groups in total. The van der Waals surface area contributed by atoms with E-state index in [-0.39, 0.29) is 0 Å². The summed E-state index contributed by atoms with van der Waals surface area (Å²) in [5.74, 6) is 2.38. The van der Waals surface area contributed by atoms with Crippen molar-refractivity contribution in [1.82, 2.24) is 14.8 Å². The van der Waals surface area contributed by atoms with E-state index in [1.807, 2.05) is 18.2 Å². The maximum atomic E-state index is 6.22. The molecule has 118 valence electrons. The number of rotatable bonds is 4. The van der Waals surface area contributed by atoms with Gasteiger partial charge >= 0.3 is 0 Å². The highest BCUT2D eigenvalue weighted by atomic mass is 35.5. The zero-order valence-corrected chi connectivity index (χ0v) is 14.9. The second-order valence-electron chi connectivity index (χ2n) is 5.72. The molecule has 6 heteroatoms. The van der Waals surface area contributed by atoms with Gasteiger partial charge in [-0.1, -0.05) is 60.3 Å². The minimum atomic E-state index is 0.560. The van der Waals surface area contributed by atoms with Crippen molar-refractivity contribution in [2.24, 2.45) is 7.05 Å². The molecule has 1 saturated carbocycles. The molecular weight excluding hydrogens is 337 g/mol. The molecule has 1 aliphatic carbocycles. The standard InChI is InChI=1S/C16H19Cl2N3S/c1-21-15(11-6-3-2-4-7-11)19-20-16(21)22-10-12-13(17)8-5-9-14(12)18/h5,8-9,11H,2-4,6-7,10H2,1H3. The fraction of sp³-hybridized carbons (Fsp3) is 0.500. The molecule has 1 fully saturated rings. The van der Waals surface area contributed by atoms with Crippen LogP contribution < -0.4 is 0 Å². The second kappa shape index (κ2) is 7.24. The Labute approximate surface area is 145 Å². The van der Waals surface area contributed by atoms with Gasteiger partial charge in [-0.2, -0.15) is 0 Å². The first-order valence-electron chi connectivity index (χ1n) is 7.62. The molecule has 22 heavy (non-hydrogen) atoms. The summed E-state index contributed by atoms with van der Waals surface area (Å²) < 4.78 is 2.13. The molecule has 0 spiro atoms. The number of thioether (sulfide) groups is 1. The van der Waals surface area contributed by atoms with E-state index in [0.29, 0.717) is 21.7 Å². The first-order chi connectivity index (χ1) is 10.7. The molecule has 0 unspecified atom stereocenters. The van der Waals surface area contributed by atoms with E-state index in [9.17, 15) is 0 Å². The highest BCUT2D eigenvalue weighted by Gasteiger charge is 2.22. The normalized spacial score (nSPS) is 16.1. The molecule has 1 aromatic carbocycles. The number of halogens is 2. The van der Waals surface area contributed by atoms with Gasteiger partial charge in [-0.3, -0.25) is 0 Å². The molecule has 0 radical (unpaired) electrons.